The van der Waals surface area contributed by atoms with E-state index >= 15 is 0 Å². The summed E-state index contributed by atoms with van der Waals surface area (Å²) < 4.78 is 5.47. The Balaban J connectivity index is 1.53. The average molecular weight is 428 g/mol. The number of carbonyl (C=O) groups is 1. The van der Waals surface area contributed by atoms with Crippen molar-refractivity contribution in [3.8, 4) is 11.4 Å². The Morgan fingerprint density at radius 1 is 1.06 bits per heavy atom. The van der Waals surface area contributed by atoms with Crippen LogP contribution in [0, 0.1) is 0 Å². The van der Waals surface area contributed by atoms with Crippen molar-refractivity contribution in [2.24, 2.45) is 0 Å². The normalized spacial score (nSPS) is 17.6. The van der Waals surface area contributed by atoms with E-state index in [0.29, 0.717) is 56.3 Å². The number of hydrogen-bond donors (Lipinski definition) is 1. The van der Waals surface area contributed by atoms with Gasteiger partial charge in [0.25, 0.3) is 0 Å². The Kier molecular flexibility index (Phi) is 6.42. The Bertz CT molecular complexity index is 892. The smallest absolute Gasteiger partial charge is 0.319 e. The highest BCUT2D eigenvalue weighted by Crippen LogP contribution is 2.20. The summed E-state index contributed by atoms with van der Waals surface area (Å²) in [6, 6.07) is 3.66. The molecule has 0 bridgehead atoms. The van der Waals surface area contributed by atoms with Gasteiger partial charge in [-0.1, -0.05) is 0 Å². The molecule has 0 aliphatic carbocycles. The van der Waals surface area contributed by atoms with Gasteiger partial charge in [0, 0.05) is 65.1 Å². The monoisotopic (exact) mass is 427 g/mol. The number of nitrogen functional groups attached to an aromatic ring is 1. The second-order valence-corrected chi connectivity index (χ2v) is 7.89. The Morgan fingerprint density at radius 3 is 2.45 bits per heavy atom. The minimum atomic E-state index is 0.0487. The topological polar surface area (TPSA) is 117 Å². The molecule has 2 aliphatic rings. The van der Waals surface area contributed by atoms with Crippen LogP contribution in [0.4, 0.5) is 16.6 Å². The summed E-state index contributed by atoms with van der Waals surface area (Å²) in [5, 5.41) is 0. The van der Waals surface area contributed by atoms with E-state index in [4.69, 9.17) is 25.4 Å². The molecule has 11 heteroatoms. The van der Waals surface area contributed by atoms with Gasteiger partial charge in [0.2, 0.25) is 5.95 Å². The van der Waals surface area contributed by atoms with Crippen LogP contribution in [-0.2, 0) is 11.3 Å². The number of carbonyl (C=O) groups excluding carboxylic acids is 1. The molecule has 31 heavy (non-hydrogen) atoms. The molecule has 2 aliphatic heterocycles. The van der Waals surface area contributed by atoms with Crippen LogP contribution in [0.15, 0.2) is 18.3 Å². The largest absolute Gasteiger partial charge is 0.384 e. The van der Waals surface area contributed by atoms with Crippen molar-refractivity contribution in [3.63, 3.8) is 0 Å². The first kappa shape index (κ1) is 21.2. The highest BCUT2D eigenvalue weighted by atomic mass is 16.5. The lowest BCUT2D eigenvalue weighted by Gasteiger charge is -2.35. The maximum atomic E-state index is 12.2. The molecule has 0 unspecified atom stereocenters. The zero-order valence-electron chi connectivity index (χ0n) is 18.1. The second-order valence-electron chi connectivity index (χ2n) is 7.89. The molecule has 11 nitrogen and oxygen atoms in total. The van der Waals surface area contributed by atoms with Crippen molar-refractivity contribution in [1.29, 1.82) is 0 Å². The van der Waals surface area contributed by atoms with Crippen LogP contribution in [0.25, 0.3) is 11.4 Å². The SMILES string of the molecule is CN(C)C(=O)N1CCN(Cc2nc(-c3ccc(N)nc3)nc(N3CCOCC3)n2)CC1. The summed E-state index contributed by atoms with van der Waals surface area (Å²) in [6.45, 7) is 6.32. The quantitative estimate of drug-likeness (QED) is 0.728. The van der Waals surface area contributed by atoms with Crippen molar-refractivity contribution in [2.45, 2.75) is 6.54 Å². The number of amides is 2. The molecule has 2 fully saturated rings. The second kappa shape index (κ2) is 9.40. The third-order valence-corrected chi connectivity index (χ3v) is 5.40. The number of urea groups is 1. The number of morpholine rings is 1. The highest BCUT2D eigenvalue weighted by Gasteiger charge is 2.24. The van der Waals surface area contributed by atoms with Crippen LogP contribution >= 0.6 is 0 Å². The van der Waals surface area contributed by atoms with Crippen LogP contribution in [0.2, 0.25) is 0 Å². The summed E-state index contributed by atoms with van der Waals surface area (Å²) in [7, 11) is 3.56. The third kappa shape index (κ3) is 5.17. The number of ether oxygens (including phenoxy) is 1. The fraction of sp³-hybridized carbons (Fsp3) is 0.550. The van der Waals surface area contributed by atoms with Crippen molar-refractivity contribution in [2.75, 3.05) is 77.2 Å². The molecule has 166 valence electrons. The van der Waals surface area contributed by atoms with E-state index in [-0.39, 0.29) is 6.03 Å². The summed E-state index contributed by atoms with van der Waals surface area (Å²) in [5.74, 6) is 2.40. The standard InChI is InChI=1S/C20H29N9O2/c1-26(2)20(30)29-7-5-27(6-8-29)14-17-23-18(15-3-4-16(21)22-13-15)25-19(24-17)28-9-11-31-12-10-28/h3-4,13H,5-12,14H2,1-2H3,(H2,21,22). The van der Waals surface area contributed by atoms with Gasteiger partial charge >= 0.3 is 6.03 Å². The van der Waals surface area contributed by atoms with Gasteiger partial charge in [-0.2, -0.15) is 9.97 Å². The molecule has 4 heterocycles. The molecule has 4 rings (SSSR count). The van der Waals surface area contributed by atoms with E-state index in [1.807, 2.05) is 11.0 Å². The maximum absolute atomic E-state index is 12.2. The first-order chi connectivity index (χ1) is 15.0. The maximum Gasteiger partial charge on any atom is 0.319 e. The molecule has 2 N–H and O–H groups in total. The van der Waals surface area contributed by atoms with Crippen LogP contribution in [-0.4, -0.2) is 107 Å². The zero-order chi connectivity index (χ0) is 21.8. The number of piperazine rings is 1. The molecular weight excluding hydrogens is 398 g/mol. The highest BCUT2D eigenvalue weighted by molar-refractivity contribution is 5.73. The predicted molar refractivity (Wildman–Crippen MR) is 116 cm³/mol. The number of rotatable bonds is 4. The number of pyridine rings is 1. The number of aromatic nitrogens is 4. The van der Waals surface area contributed by atoms with Crippen molar-refractivity contribution < 1.29 is 9.53 Å². The molecule has 2 saturated heterocycles. The van der Waals surface area contributed by atoms with E-state index in [2.05, 4.69) is 14.8 Å². The number of nitrogens with zero attached hydrogens (tertiary/aromatic N) is 8. The van der Waals surface area contributed by atoms with Gasteiger partial charge in [0.1, 0.15) is 11.6 Å². The Hall–Kier alpha value is -3.05. The summed E-state index contributed by atoms with van der Waals surface area (Å²) >= 11 is 0. The number of anilines is 2. The fourth-order valence-corrected chi connectivity index (χ4v) is 3.63. The van der Waals surface area contributed by atoms with E-state index in [9.17, 15) is 4.79 Å². The van der Waals surface area contributed by atoms with E-state index in [1.54, 1.807) is 31.3 Å². The van der Waals surface area contributed by atoms with Crippen LogP contribution in [0.1, 0.15) is 5.82 Å². The van der Waals surface area contributed by atoms with Gasteiger partial charge in [-0.05, 0) is 12.1 Å². The molecule has 0 atom stereocenters. The molecule has 0 spiro atoms. The fourth-order valence-electron chi connectivity index (χ4n) is 3.63. The van der Waals surface area contributed by atoms with Gasteiger partial charge in [-0.25, -0.2) is 14.8 Å². The van der Waals surface area contributed by atoms with Gasteiger partial charge in [0.05, 0.1) is 19.8 Å². The molecular formula is C20H29N9O2. The van der Waals surface area contributed by atoms with Gasteiger partial charge < -0.3 is 25.2 Å². The molecule has 0 saturated carbocycles. The van der Waals surface area contributed by atoms with Gasteiger partial charge in [0.15, 0.2) is 5.82 Å². The molecule has 2 aromatic rings. The minimum absolute atomic E-state index is 0.0487. The molecule has 2 aromatic heterocycles. The van der Waals surface area contributed by atoms with Gasteiger partial charge in [-0.15, -0.1) is 0 Å². The molecule has 0 radical (unpaired) electrons. The van der Waals surface area contributed by atoms with Gasteiger partial charge in [-0.3, -0.25) is 4.90 Å². The van der Waals surface area contributed by atoms with Crippen molar-refractivity contribution >= 4 is 17.8 Å². The summed E-state index contributed by atoms with van der Waals surface area (Å²) in [6.07, 6.45) is 1.68. The molecule has 2 amide bonds. The van der Waals surface area contributed by atoms with Crippen molar-refractivity contribution in [1.82, 2.24) is 34.6 Å². The lowest BCUT2D eigenvalue weighted by molar-refractivity contribution is 0.118. The van der Waals surface area contributed by atoms with Crippen LogP contribution in [0.5, 0.6) is 0 Å². The molecule has 0 aromatic carbocycles. The average Bonchev–Trinajstić information content (AvgIpc) is 2.80. The number of nitrogens with two attached hydrogens (primary N) is 1. The minimum Gasteiger partial charge on any atom is -0.384 e. The van der Waals surface area contributed by atoms with E-state index in [1.165, 1.54) is 0 Å². The van der Waals surface area contributed by atoms with E-state index in [0.717, 1.165) is 31.7 Å². The number of hydrogen-bond acceptors (Lipinski definition) is 9. The lowest BCUT2D eigenvalue weighted by atomic mass is 10.2. The predicted octanol–water partition coefficient (Wildman–Crippen LogP) is 0.152. The van der Waals surface area contributed by atoms with Crippen molar-refractivity contribution in [3.05, 3.63) is 24.2 Å². The Morgan fingerprint density at radius 2 is 1.81 bits per heavy atom. The zero-order valence-corrected chi connectivity index (χ0v) is 18.1. The summed E-state index contributed by atoms with van der Waals surface area (Å²) in [4.78, 5) is 38.4. The van der Waals surface area contributed by atoms with E-state index < -0.39 is 0 Å². The Labute approximate surface area is 181 Å². The first-order valence-electron chi connectivity index (χ1n) is 10.5. The van der Waals surface area contributed by atoms with Crippen LogP contribution in [0.3, 0.4) is 0 Å². The third-order valence-electron chi connectivity index (χ3n) is 5.40. The lowest BCUT2D eigenvalue weighted by Crippen LogP contribution is -2.51. The first-order valence-corrected chi connectivity index (χ1v) is 10.5. The van der Waals surface area contributed by atoms with Crippen LogP contribution < -0.4 is 10.6 Å². The summed E-state index contributed by atoms with van der Waals surface area (Å²) in [5.41, 5.74) is 6.53.